The number of likely N-dealkylation sites (N-methyl/N-ethyl adjacent to an activating group) is 1. The summed E-state index contributed by atoms with van der Waals surface area (Å²) in [6, 6.07) is 7.06. The number of nitrogens with zero attached hydrogens (tertiary/aromatic N) is 1. The molecule has 0 aliphatic carbocycles. The van der Waals surface area contributed by atoms with Crippen LogP contribution in [0.15, 0.2) is 24.3 Å². The van der Waals surface area contributed by atoms with Crippen LogP contribution in [0.5, 0.6) is 11.5 Å². The van der Waals surface area contributed by atoms with E-state index in [1.165, 1.54) is 12.0 Å². The largest absolute Gasteiger partial charge is 0.493 e. The minimum atomic E-state index is -0.261. The highest BCUT2D eigenvalue weighted by Gasteiger charge is 2.10. The van der Waals surface area contributed by atoms with Crippen LogP contribution < -0.4 is 9.47 Å². The number of amides is 1. The summed E-state index contributed by atoms with van der Waals surface area (Å²) in [5, 5.41) is 0. The van der Waals surface area contributed by atoms with E-state index in [-0.39, 0.29) is 19.1 Å². The molecule has 0 radical (unpaired) electrons. The normalized spacial score (nSPS) is 9.53. The molecule has 0 aliphatic heterocycles. The monoisotopic (exact) mass is 237 g/mol. The maximum atomic E-state index is 11.5. The topological polar surface area (TPSA) is 55.8 Å². The number of rotatable bonds is 6. The van der Waals surface area contributed by atoms with Crippen molar-refractivity contribution in [1.29, 1.82) is 0 Å². The number of hydrogen-bond donors (Lipinski definition) is 0. The van der Waals surface area contributed by atoms with E-state index in [1.54, 1.807) is 25.2 Å². The van der Waals surface area contributed by atoms with Crippen molar-refractivity contribution in [2.45, 2.75) is 0 Å². The van der Waals surface area contributed by atoms with Gasteiger partial charge in [-0.2, -0.15) is 0 Å². The molecule has 0 aliphatic rings. The number of ether oxygens (including phenoxy) is 2. The van der Waals surface area contributed by atoms with Crippen LogP contribution in [0.3, 0.4) is 0 Å². The Morgan fingerprint density at radius 1 is 1.35 bits per heavy atom. The molecule has 0 bridgehead atoms. The van der Waals surface area contributed by atoms with Gasteiger partial charge in [-0.15, -0.1) is 0 Å². The third-order valence-electron chi connectivity index (χ3n) is 2.19. The van der Waals surface area contributed by atoms with Crippen LogP contribution in [0.25, 0.3) is 0 Å². The zero-order valence-electron chi connectivity index (χ0n) is 9.88. The summed E-state index contributed by atoms with van der Waals surface area (Å²) in [4.78, 5) is 23.0. The molecule has 0 N–H and O–H groups in total. The van der Waals surface area contributed by atoms with Gasteiger partial charge in [-0.1, -0.05) is 12.1 Å². The maximum absolute atomic E-state index is 11.5. The summed E-state index contributed by atoms with van der Waals surface area (Å²) in [5.74, 6) is 0.809. The van der Waals surface area contributed by atoms with E-state index < -0.39 is 0 Å². The Balaban J connectivity index is 2.55. The molecule has 5 heteroatoms. The van der Waals surface area contributed by atoms with Gasteiger partial charge in [0.25, 0.3) is 5.91 Å². The van der Waals surface area contributed by atoms with Crippen LogP contribution in [0.1, 0.15) is 0 Å². The van der Waals surface area contributed by atoms with E-state index in [1.807, 2.05) is 6.07 Å². The lowest BCUT2D eigenvalue weighted by atomic mass is 10.3. The second-order valence-electron chi connectivity index (χ2n) is 3.38. The first-order valence-electron chi connectivity index (χ1n) is 5.12. The van der Waals surface area contributed by atoms with Crippen LogP contribution >= 0.6 is 0 Å². The first-order valence-corrected chi connectivity index (χ1v) is 5.12. The first-order chi connectivity index (χ1) is 8.19. The number of para-hydroxylation sites is 2. The van der Waals surface area contributed by atoms with Gasteiger partial charge >= 0.3 is 0 Å². The molecule has 0 fully saturated rings. The molecule has 1 aromatic carbocycles. The van der Waals surface area contributed by atoms with Gasteiger partial charge in [0.15, 0.2) is 18.1 Å². The fourth-order valence-electron chi connectivity index (χ4n) is 1.20. The van der Waals surface area contributed by atoms with E-state index in [4.69, 9.17) is 9.47 Å². The number of benzene rings is 1. The van der Waals surface area contributed by atoms with Gasteiger partial charge in [0, 0.05) is 7.05 Å². The van der Waals surface area contributed by atoms with Gasteiger partial charge in [-0.05, 0) is 12.1 Å². The van der Waals surface area contributed by atoms with E-state index in [0.717, 1.165) is 0 Å². The third-order valence-corrected chi connectivity index (χ3v) is 2.19. The van der Waals surface area contributed by atoms with Crippen LogP contribution in [-0.2, 0) is 9.59 Å². The first kappa shape index (κ1) is 13.0. The number of carbonyl (C=O) groups excluding carboxylic acids is 2. The van der Waals surface area contributed by atoms with Crippen molar-refractivity contribution in [3.8, 4) is 11.5 Å². The Kier molecular flexibility index (Phi) is 5.00. The minimum Gasteiger partial charge on any atom is -0.493 e. The lowest BCUT2D eigenvalue weighted by Crippen LogP contribution is -2.32. The Labute approximate surface area is 99.9 Å². The zero-order chi connectivity index (χ0) is 12.7. The summed E-state index contributed by atoms with van der Waals surface area (Å²) in [6.45, 7) is -0.0567. The zero-order valence-corrected chi connectivity index (χ0v) is 9.88. The Hall–Kier alpha value is -2.04. The predicted octanol–water partition coefficient (Wildman–Crippen LogP) is 0.731. The number of hydrogen-bond acceptors (Lipinski definition) is 4. The molecular formula is C12H15NO4. The molecule has 0 saturated heterocycles. The molecule has 0 aromatic heterocycles. The van der Waals surface area contributed by atoms with Gasteiger partial charge in [0.2, 0.25) is 0 Å². The summed E-state index contributed by atoms with van der Waals surface area (Å²) in [5.41, 5.74) is 0. The highest BCUT2D eigenvalue weighted by atomic mass is 16.5. The highest BCUT2D eigenvalue weighted by Crippen LogP contribution is 2.25. The van der Waals surface area contributed by atoms with E-state index in [9.17, 15) is 9.59 Å². The maximum Gasteiger partial charge on any atom is 0.260 e. The second-order valence-corrected chi connectivity index (χ2v) is 3.38. The molecule has 92 valence electrons. The van der Waals surface area contributed by atoms with Crippen molar-refractivity contribution < 1.29 is 19.1 Å². The van der Waals surface area contributed by atoms with Crippen LogP contribution in [0.2, 0.25) is 0 Å². The predicted molar refractivity (Wildman–Crippen MR) is 62.2 cm³/mol. The second kappa shape index (κ2) is 6.52. The smallest absolute Gasteiger partial charge is 0.260 e. The average Bonchev–Trinajstić information content (AvgIpc) is 2.36. The van der Waals surface area contributed by atoms with Crippen molar-refractivity contribution >= 4 is 12.2 Å². The molecule has 0 atom stereocenters. The SMILES string of the molecule is COc1ccccc1OCC(=O)N(C)CC=O. The summed E-state index contributed by atoms with van der Waals surface area (Å²) in [6.07, 6.45) is 0.668. The lowest BCUT2D eigenvalue weighted by molar-refractivity contribution is -0.133. The van der Waals surface area contributed by atoms with Crippen LogP contribution in [0, 0.1) is 0 Å². The fourth-order valence-corrected chi connectivity index (χ4v) is 1.20. The molecule has 1 aromatic rings. The Morgan fingerprint density at radius 2 is 2.00 bits per heavy atom. The van der Waals surface area contributed by atoms with Gasteiger partial charge in [0.1, 0.15) is 6.29 Å². The molecule has 5 nitrogen and oxygen atoms in total. The van der Waals surface area contributed by atoms with Crippen LogP contribution in [0.4, 0.5) is 0 Å². The number of methoxy groups -OCH3 is 1. The van der Waals surface area contributed by atoms with Crippen LogP contribution in [-0.4, -0.2) is 44.4 Å². The van der Waals surface area contributed by atoms with Crippen molar-refractivity contribution in [3.05, 3.63) is 24.3 Å². The van der Waals surface area contributed by atoms with E-state index in [0.29, 0.717) is 17.8 Å². The molecule has 17 heavy (non-hydrogen) atoms. The molecule has 0 heterocycles. The average molecular weight is 237 g/mol. The van der Waals surface area contributed by atoms with Gasteiger partial charge < -0.3 is 19.2 Å². The standard InChI is InChI=1S/C12H15NO4/c1-13(7-8-14)12(15)9-17-11-6-4-3-5-10(11)16-2/h3-6,8H,7,9H2,1-2H3. The quantitative estimate of drug-likeness (QED) is 0.684. The molecule has 0 spiro atoms. The fraction of sp³-hybridized carbons (Fsp3) is 0.333. The highest BCUT2D eigenvalue weighted by molar-refractivity contribution is 5.79. The summed E-state index contributed by atoms with van der Waals surface area (Å²) < 4.78 is 10.4. The molecule has 1 rings (SSSR count). The van der Waals surface area contributed by atoms with Gasteiger partial charge in [-0.3, -0.25) is 4.79 Å². The van der Waals surface area contributed by atoms with Crippen molar-refractivity contribution in [2.24, 2.45) is 0 Å². The van der Waals surface area contributed by atoms with Crippen molar-refractivity contribution in [2.75, 3.05) is 27.3 Å². The van der Waals surface area contributed by atoms with Crippen molar-refractivity contribution in [3.63, 3.8) is 0 Å². The van der Waals surface area contributed by atoms with Crippen molar-refractivity contribution in [1.82, 2.24) is 4.90 Å². The number of carbonyl (C=O) groups is 2. The summed E-state index contributed by atoms with van der Waals surface area (Å²) in [7, 11) is 3.07. The van der Waals surface area contributed by atoms with E-state index >= 15 is 0 Å². The third kappa shape index (κ3) is 3.79. The Bertz CT molecular complexity index is 392. The van der Waals surface area contributed by atoms with E-state index in [2.05, 4.69) is 0 Å². The van der Waals surface area contributed by atoms with Gasteiger partial charge in [-0.25, -0.2) is 0 Å². The molecule has 0 saturated carbocycles. The number of aldehydes is 1. The molecular weight excluding hydrogens is 222 g/mol. The Morgan fingerprint density at radius 3 is 2.59 bits per heavy atom. The molecule has 1 amide bonds. The minimum absolute atomic E-state index is 0.0636. The lowest BCUT2D eigenvalue weighted by Gasteiger charge is -2.15. The van der Waals surface area contributed by atoms with Gasteiger partial charge in [0.05, 0.1) is 13.7 Å². The molecule has 0 unspecified atom stereocenters. The summed E-state index contributed by atoms with van der Waals surface area (Å²) >= 11 is 0.